The third-order valence-electron chi connectivity index (χ3n) is 2.09. The first-order chi connectivity index (χ1) is 6.75. The summed E-state index contributed by atoms with van der Waals surface area (Å²) in [7, 11) is 0. The molecular formula is C10H13N3S. The molecule has 0 saturated heterocycles. The normalized spacial score (nSPS) is 20.7. The number of aromatic nitrogens is 1. The molecule has 0 aromatic carbocycles. The number of hydrogen-bond donors (Lipinski definition) is 1. The number of pyridine rings is 1. The Morgan fingerprint density at radius 2 is 2.43 bits per heavy atom. The van der Waals surface area contributed by atoms with Crippen LogP contribution in [0.4, 0.5) is 5.69 Å². The van der Waals surface area contributed by atoms with Crippen LogP contribution < -0.4 is 5.32 Å². The van der Waals surface area contributed by atoms with E-state index < -0.39 is 0 Å². The van der Waals surface area contributed by atoms with E-state index in [1.54, 1.807) is 18.0 Å². The Labute approximate surface area is 88.0 Å². The fraction of sp³-hybridized carbons (Fsp3) is 0.400. The van der Waals surface area contributed by atoms with Gasteiger partial charge >= 0.3 is 0 Å². The minimum atomic E-state index is 0.592. The zero-order chi connectivity index (χ0) is 9.97. The van der Waals surface area contributed by atoms with Gasteiger partial charge < -0.3 is 5.32 Å². The van der Waals surface area contributed by atoms with E-state index in [9.17, 15) is 0 Å². The van der Waals surface area contributed by atoms with Gasteiger partial charge in [0.25, 0.3) is 0 Å². The standard InChI is InChI=1S/C10H13N3S/c1-7-3-4-11-6-9(7)13-10-12-5-8(2)14-10/h3-4,6,8H,5H2,1-2H3,(H,12,13). The number of aryl methyl sites for hydroxylation is 1. The molecule has 2 rings (SSSR count). The van der Waals surface area contributed by atoms with Crippen molar-refractivity contribution in [1.29, 1.82) is 0 Å². The summed E-state index contributed by atoms with van der Waals surface area (Å²) in [5.41, 5.74) is 2.25. The molecule has 1 N–H and O–H groups in total. The first kappa shape index (κ1) is 9.52. The maximum atomic E-state index is 4.39. The third-order valence-corrected chi connectivity index (χ3v) is 3.09. The van der Waals surface area contributed by atoms with Gasteiger partial charge in [0.15, 0.2) is 5.17 Å². The molecule has 0 spiro atoms. The van der Waals surface area contributed by atoms with Crippen molar-refractivity contribution in [2.24, 2.45) is 4.99 Å². The topological polar surface area (TPSA) is 37.3 Å². The van der Waals surface area contributed by atoms with Crippen molar-refractivity contribution in [3.8, 4) is 0 Å². The largest absolute Gasteiger partial charge is 0.333 e. The van der Waals surface area contributed by atoms with Crippen molar-refractivity contribution in [1.82, 2.24) is 4.98 Å². The molecule has 74 valence electrons. The molecule has 0 fully saturated rings. The van der Waals surface area contributed by atoms with Crippen molar-refractivity contribution < 1.29 is 0 Å². The zero-order valence-corrected chi connectivity index (χ0v) is 9.14. The highest BCUT2D eigenvalue weighted by atomic mass is 32.2. The molecule has 14 heavy (non-hydrogen) atoms. The molecule has 4 heteroatoms. The first-order valence-corrected chi connectivity index (χ1v) is 5.52. The van der Waals surface area contributed by atoms with Crippen LogP contribution in [0.5, 0.6) is 0 Å². The number of anilines is 1. The zero-order valence-electron chi connectivity index (χ0n) is 8.32. The average molecular weight is 207 g/mol. The summed E-state index contributed by atoms with van der Waals surface area (Å²) < 4.78 is 0. The number of nitrogens with one attached hydrogen (secondary N) is 1. The van der Waals surface area contributed by atoms with Crippen LogP contribution in [0.15, 0.2) is 23.5 Å². The lowest BCUT2D eigenvalue weighted by molar-refractivity contribution is 0.976. The highest BCUT2D eigenvalue weighted by molar-refractivity contribution is 8.15. The first-order valence-electron chi connectivity index (χ1n) is 4.64. The molecule has 0 saturated carbocycles. The van der Waals surface area contributed by atoms with E-state index >= 15 is 0 Å². The highest BCUT2D eigenvalue weighted by Crippen LogP contribution is 2.22. The van der Waals surface area contributed by atoms with Crippen molar-refractivity contribution in [2.45, 2.75) is 19.1 Å². The molecule has 0 aliphatic carbocycles. The van der Waals surface area contributed by atoms with Gasteiger partial charge in [-0.2, -0.15) is 0 Å². The summed E-state index contributed by atoms with van der Waals surface area (Å²) in [5, 5.41) is 4.89. The van der Waals surface area contributed by atoms with Crippen LogP contribution in [-0.2, 0) is 0 Å². The minimum absolute atomic E-state index is 0.592. The van der Waals surface area contributed by atoms with E-state index in [1.807, 2.05) is 12.3 Å². The molecule has 0 amide bonds. The average Bonchev–Trinajstić information content (AvgIpc) is 2.56. The second-order valence-corrected chi connectivity index (χ2v) is 4.82. The quantitative estimate of drug-likeness (QED) is 0.767. The lowest BCUT2D eigenvalue weighted by atomic mass is 10.2. The van der Waals surface area contributed by atoms with Gasteiger partial charge in [-0.1, -0.05) is 18.7 Å². The number of rotatable bonds is 1. The van der Waals surface area contributed by atoms with Gasteiger partial charge in [-0.3, -0.25) is 9.98 Å². The van der Waals surface area contributed by atoms with Crippen LogP contribution in [0.25, 0.3) is 0 Å². The van der Waals surface area contributed by atoms with Crippen LogP contribution in [0, 0.1) is 6.92 Å². The maximum Gasteiger partial charge on any atom is 0.161 e. The monoisotopic (exact) mass is 207 g/mol. The van der Waals surface area contributed by atoms with Crippen LogP contribution in [0.3, 0.4) is 0 Å². The fourth-order valence-electron chi connectivity index (χ4n) is 1.26. The third kappa shape index (κ3) is 2.07. The van der Waals surface area contributed by atoms with E-state index in [0.29, 0.717) is 5.25 Å². The van der Waals surface area contributed by atoms with Gasteiger partial charge in [0.05, 0.1) is 18.4 Å². The Morgan fingerprint density at radius 3 is 3.07 bits per heavy atom. The smallest absolute Gasteiger partial charge is 0.161 e. The van der Waals surface area contributed by atoms with Gasteiger partial charge in [-0.15, -0.1) is 0 Å². The second-order valence-electron chi connectivity index (χ2n) is 3.39. The molecule has 3 nitrogen and oxygen atoms in total. The summed E-state index contributed by atoms with van der Waals surface area (Å²) in [6.07, 6.45) is 3.63. The summed E-state index contributed by atoms with van der Waals surface area (Å²) in [6.45, 7) is 5.15. The van der Waals surface area contributed by atoms with Crippen molar-refractivity contribution >= 4 is 22.6 Å². The summed E-state index contributed by atoms with van der Waals surface area (Å²) >= 11 is 1.78. The Morgan fingerprint density at radius 1 is 1.57 bits per heavy atom. The van der Waals surface area contributed by atoms with Crippen molar-refractivity contribution in [3.63, 3.8) is 0 Å². The predicted molar refractivity (Wildman–Crippen MR) is 62.0 cm³/mol. The van der Waals surface area contributed by atoms with Gasteiger partial charge in [-0.25, -0.2) is 0 Å². The van der Waals surface area contributed by atoms with Crippen LogP contribution in [-0.4, -0.2) is 21.9 Å². The molecular weight excluding hydrogens is 194 g/mol. The molecule has 1 aliphatic rings. The van der Waals surface area contributed by atoms with Crippen LogP contribution in [0.1, 0.15) is 12.5 Å². The van der Waals surface area contributed by atoms with Crippen LogP contribution >= 0.6 is 11.8 Å². The van der Waals surface area contributed by atoms with Crippen molar-refractivity contribution in [2.75, 3.05) is 11.9 Å². The van der Waals surface area contributed by atoms with Crippen molar-refractivity contribution in [3.05, 3.63) is 24.0 Å². The molecule has 0 bridgehead atoms. The molecule has 0 radical (unpaired) electrons. The van der Waals surface area contributed by atoms with E-state index in [-0.39, 0.29) is 0 Å². The number of hydrogen-bond acceptors (Lipinski definition) is 4. The number of nitrogens with zero attached hydrogens (tertiary/aromatic N) is 2. The van der Waals surface area contributed by atoms with Gasteiger partial charge in [0.2, 0.25) is 0 Å². The van der Waals surface area contributed by atoms with E-state index in [1.165, 1.54) is 5.56 Å². The Hall–Kier alpha value is -1.03. The minimum Gasteiger partial charge on any atom is -0.333 e. The Kier molecular flexibility index (Phi) is 2.72. The SMILES string of the molecule is Cc1ccncc1NC1=NCC(C)S1. The highest BCUT2D eigenvalue weighted by Gasteiger charge is 2.15. The summed E-state index contributed by atoms with van der Waals surface area (Å²) in [6, 6.07) is 1.99. The molecule has 1 atom stereocenters. The molecule has 2 heterocycles. The van der Waals surface area contributed by atoms with Gasteiger partial charge in [0.1, 0.15) is 0 Å². The van der Waals surface area contributed by atoms with E-state index in [2.05, 4.69) is 29.1 Å². The summed E-state index contributed by atoms with van der Waals surface area (Å²) in [5.74, 6) is 0. The number of aliphatic imine (C=N–C) groups is 1. The molecule has 1 aromatic heterocycles. The fourth-order valence-corrected chi connectivity index (χ4v) is 2.10. The lowest BCUT2D eigenvalue weighted by Gasteiger charge is -2.07. The van der Waals surface area contributed by atoms with Gasteiger partial charge in [0, 0.05) is 11.4 Å². The molecule has 1 aliphatic heterocycles. The number of thioether (sulfide) groups is 1. The van der Waals surface area contributed by atoms with Gasteiger partial charge in [-0.05, 0) is 18.6 Å². The Bertz CT molecular complexity index is 362. The molecule has 1 unspecified atom stereocenters. The summed E-state index contributed by atoms with van der Waals surface area (Å²) in [4.78, 5) is 8.47. The second kappa shape index (κ2) is 4.00. The van der Waals surface area contributed by atoms with Crippen LogP contribution in [0.2, 0.25) is 0 Å². The van der Waals surface area contributed by atoms with E-state index in [0.717, 1.165) is 17.4 Å². The maximum absolute atomic E-state index is 4.39. The predicted octanol–water partition coefficient (Wildman–Crippen LogP) is 2.29. The number of amidine groups is 1. The lowest BCUT2D eigenvalue weighted by Crippen LogP contribution is -2.07. The molecule has 1 aromatic rings. The van der Waals surface area contributed by atoms with E-state index in [4.69, 9.17) is 0 Å². The Balaban J connectivity index is 2.08.